The number of rotatable bonds is 6. The highest BCUT2D eigenvalue weighted by Gasteiger charge is 2.30. The molecule has 0 saturated carbocycles. The van der Waals surface area contributed by atoms with Crippen LogP contribution in [0.2, 0.25) is 0 Å². The van der Waals surface area contributed by atoms with Crippen LogP contribution in [0.3, 0.4) is 0 Å². The molecule has 25 heavy (non-hydrogen) atoms. The lowest BCUT2D eigenvalue weighted by molar-refractivity contribution is -0.133. The maximum atomic E-state index is 12.2. The Hall–Kier alpha value is -2.37. The molecule has 1 aliphatic rings. The Labute approximate surface area is 148 Å². The van der Waals surface area contributed by atoms with E-state index in [2.05, 4.69) is 10.1 Å². The van der Waals surface area contributed by atoms with Gasteiger partial charge in [0.15, 0.2) is 5.82 Å². The number of carbonyl (C=O) groups is 1. The minimum atomic E-state index is 0.133. The van der Waals surface area contributed by atoms with Crippen molar-refractivity contribution in [3.8, 4) is 5.75 Å². The van der Waals surface area contributed by atoms with Gasteiger partial charge in [-0.1, -0.05) is 31.1 Å². The van der Waals surface area contributed by atoms with Gasteiger partial charge in [-0.15, -0.1) is 0 Å². The lowest BCUT2D eigenvalue weighted by Gasteiger charge is -2.31. The number of piperidine rings is 1. The van der Waals surface area contributed by atoms with E-state index in [9.17, 15) is 4.79 Å². The van der Waals surface area contributed by atoms with Crippen LogP contribution < -0.4 is 4.74 Å². The Bertz CT molecular complexity index is 709. The highest BCUT2D eigenvalue weighted by molar-refractivity contribution is 5.77. The summed E-state index contributed by atoms with van der Waals surface area (Å²) >= 11 is 0. The summed E-state index contributed by atoms with van der Waals surface area (Å²) in [4.78, 5) is 18.7. The first-order valence-corrected chi connectivity index (χ1v) is 8.81. The molecule has 1 aliphatic heterocycles. The van der Waals surface area contributed by atoms with E-state index in [0.29, 0.717) is 25.4 Å². The zero-order chi connectivity index (χ0) is 17.8. The van der Waals surface area contributed by atoms with Crippen LogP contribution in [0, 0.1) is 0 Å². The summed E-state index contributed by atoms with van der Waals surface area (Å²) in [7, 11) is 1.66. The van der Waals surface area contributed by atoms with Crippen molar-refractivity contribution in [2.75, 3.05) is 20.2 Å². The second-order valence-corrected chi connectivity index (χ2v) is 6.82. The molecule has 3 rings (SSSR count). The van der Waals surface area contributed by atoms with E-state index in [1.165, 1.54) is 5.56 Å². The maximum Gasteiger partial charge on any atom is 0.231 e. The summed E-state index contributed by atoms with van der Waals surface area (Å²) in [5.41, 5.74) is 1.19. The third kappa shape index (κ3) is 4.18. The Morgan fingerprint density at radius 2 is 2.08 bits per heavy atom. The van der Waals surface area contributed by atoms with Gasteiger partial charge in [-0.2, -0.15) is 4.98 Å². The summed E-state index contributed by atoms with van der Waals surface area (Å²) in [5.74, 6) is 2.81. The first kappa shape index (κ1) is 17.5. The van der Waals surface area contributed by atoms with Gasteiger partial charge in [0.1, 0.15) is 5.75 Å². The van der Waals surface area contributed by atoms with Gasteiger partial charge in [0, 0.05) is 25.4 Å². The molecular weight excluding hydrogens is 318 g/mol. The number of methoxy groups -OCH3 is 1. The molecule has 0 radical (unpaired) electrons. The van der Waals surface area contributed by atoms with E-state index < -0.39 is 0 Å². The number of carbonyl (C=O) groups excluding carboxylic acids is 1. The van der Waals surface area contributed by atoms with Gasteiger partial charge in [0.05, 0.1) is 13.0 Å². The topological polar surface area (TPSA) is 68.5 Å². The number of amides is 1. The number of ether oxygens (including phenoxy) is 1. The van der Waals surface area contributed by atoms with E-state index >= 15 is 0 Å². The normalized spacial score (nSPS) is 18.0. The Kier molecular flexibility index (Phi) is 5.36. The van der Waals surface area contributed by atoms with Crippen molar-refractivity contribution in [3.05, 3.63) is 41.5 Å². The van der Waals surface area contributed by atoms with Crippen molar-refractivity contribution in [3.63, 3.8) is 0 Å². The Morgan fingerprint density at radius 1 is 1.32 bits per heavy atom. The van der Waals surface area contributed by atoms with Gasteiger partial charge in [-0.05, 0) is 30.5 Å². The van der Waals surface area contributed by atoms with Gasteiger partial charge in [0.2, 0.25) is 11.8 Å². The van der Waals surface area contributed by atoms with Crippen LogP contribution in [0.25, 0.3) is 0 Å². The Balaban J connectivity index is 1.60. The number of nitrogens with zero attached hydrogens (tertiary/aromatic N) is 3. The SMILES string of the molecule is COc1ccc(CCN2CC(c3nc(C(C)C)no3)CCC2=O)cc1. The first-order chi connectivity index (χ1) is 12.1. The molecule has 0 spiro atoms. The van der Waals surface area contributed by atoms with Gasteiger partial charge in [-0.25, -0.2) is 0 Å². The molecule has 6 heteroatoms. The van der Waals surface area contributed by atoms with Crippen molar-refractivity contribution in [1.82, 2.24) is 15.0 Å². The lowest BCUT2D eigenvalue weighted by Crippen LogP contribution is -2.40. The molecule has 0 bridgehead atoms. The second-order valence-electron chi connectivity index (χ2n) is 6.82. The fourth-order valence-corrected chi connectivity index (χ4v) is 3.04. The van der Waals surface area contributed by atoms with Gasteiger partial charge < -0.3 is 14.2 Å². The zero-order valence-electron chi connectivity index (χ0n) is 15.1. The molecule has 0 N–H and O–H groups in total. The zero-order valence-corrected chi connectivity index (χ0v) is 15.1. The third-order valence-corrected chi connectivity index (χ3v) is 4.65. The smallest absolute Gasteiger partial charge is 0.231 e. The first-order valence-electron chi connectivity index (χ1n) is 8.81. The van der Waals surface area contributed by atoms with E-state index in [-0.39, 0.29) is 17.7 Å². The molecule has 6 nitrogen and oxygen atoms in total. The average molecular weight is 343 g/mol. The van der Waals surface area contributed by atoms with Gasteiger partial charge in [-0.3, -0.25) is 4.79 Å². The quantitative estimate of drug-likeness (QED) is 0.806. The van der Waals surface area contributed by atoms with E-state index in [1.807, 2.05) is 43.0 Å². The van der Waals surface area contributed by atoms with Crippen LogP contribution in [0.1, 0.15) is 55.8 Å². The van der Waals surface area contributed by atoms with E-state index in [1.54, 1.807) is 7.11 Å². The predicted octanol–water partition coefficient (Wildman–Crippen LogP) is 3.15. The molecule has 1 aromatic carbocycles. The van der Waals surface area contributed by atoms with Crippen molar-refractivity contribution in [1.29, 1.82) is 0 Å². The number of likely N-dealkylation sites (tertiary alicyclic amines) is 1. The largest absolute Gasteiger partial charge is 0.497 e. The minimum Gasteiger partial charge on any atom is -0.497 e. The Morgan fingerprint density at radius 3 is 2.72 bits per heavy atom. The summed E-state index contributed by atoms with van der Waals surface area (Å²) in [5, 5.41) is 4.04. The number of aromatic nitrogens is 2. The molecule has 134 valence electrons. The molecule has 2 aromatic rings. The standard InChI is InChI=1S/C19H25N3O3/c1-13(2)18-20-19(25-21-18)15-6-9-17(23)22(12-15)11-10-14-4-7-16(24-3)8-5-14/h4-5,7-8,13,15H,6,9-12H2,1-3H3. The van der Waals surface area contributed by atoms with Crippen molar-refractivity contribution < 1.29 is 14.1 Å². The molecular formula is C19H25N3O3. The molecule has 2 heterocycles. The summed E-state index contributed by atoms with van der Waals surface area (Å²) < 4.78 is 10.6. The number of hydrogen-bond donors (Lipinski definition) is 0. The molecule has 1 unspecified atom stereocenters. The summed E-state index contributed by atoms with van der Waals surface area (Å²) in [6.45, 7) is 5.43. The summed E-state index contributed by atoms with van der Waals surface area (Å²) in [6, 6.07) is 7.97. The average Bonchev–Trinajstić information content (AvgIpc) is 3.12. The third-order valence-electron chi connectivity index (χ3n) is 4.65. The molecule has 1 amide bonds. The van der Waals surface area contributed by atoms with E-state index in [4.69, 9.17) is 9.26 Å². The maximum absolute atomic E-state index is 12.2. The minimum absolute atomic E-state index is 0.133. The van der Waals surface area contributed by atoms with E-state index in [0.717, 1.165) is 24.4 Å². The molecule has 1 fully saturated rings. The van der Waals surface area contributed by atoms with Gasteiger partial charge in [0.25, 0.3) is 0 Å². The molecule has 1 atom stereocenters. The lowest BCUT2D eigenvalue weighted by atomic mass is 9.97. The predicted molar refractivity (Wildman–Crippen MR) is 93.6 cm³/mol. The highest BCUT2D eigenvalue weighted by atomic mass is 16.5. The molecule has 0 aliphatic carbocycles. The fraction of sp³-hybridized carbons (Fsp3) is 0.526. The van der Waals surface area contributed by atoms with Crippen LogP contribution in [-0.4, -0.2) is 41.1 Å². The monoisotopic (exact) mass is 343 g/mol. The fourth-order valence-electron chi connectivity index (χ4n) is 3.04. The van der Waals surface area contributed by atoms with Crippen molar-refractivity contribution in [2.24, 2.45) is 0 Å². The summed E-state index contributed by atoms with van der Waals surface area (Å²) in [6.07, 6.45) is 2.13. The highest BCUT2D eigenvalue weighted by Crippen LogP contribution is 2.27. The van der Waals surface area contributed by atoms with Crippen LogP contribution in [0.15, 0.2) is 28.8 Å². The second kappa shape index (κ2) is 7.68. The van der Waals surface area contributed by atoms with Gasteiger partial charge >= 0.3 is 0 Å². The number of hydrogen-bond acceptors (Lipinski definition) is 5. The van der Waals surface area contributed by atoms with Crippen molar-refractivity contribution >= 4 is 5.91 Å². The number of benzene rings is 1. The van der Waals surface area contributed by atoms with Crippen LogP contribution in [0.4, 0.5) is 0 Å². The molecule has 1 saturated heterocycles. The van der Waals surface area contributed by atoms with Crippen molar-refractivity contribution in [2.45, 2.75) is 44.9 Å². The van der Waals surface area contributed by atoms with Crippen LogP contribution in [0.5, 0.6) is 5.75 Å². The van der Waals surface area contributed by atoms with Crippen LogP contribution >= 0.6 is 0 Å². The van der Waals surface area contributed by atoms with Crippen LogP contribution in [-0.2, 0) is 11.2 Å². The molecule has 1 aromatic heterocycles.